The molecule has 0 unspecified atom stereocenters. The third-order valence-electron chi connectivity index (χ3n) is 1.34. The second kappa shape index (κ2) is 5.35. The summed E-state index contributed by atoms with van der Waals surface area (Å²) < 4.78 is 0. The Morgan fingerprint density at radius 2 is 2.00 bits per heavy atom. The molecule has 0 aromatic heterocycles. The quantitative estimate of drug-likeness (QED) is 0.592. The normalized spacial score (nSPS) is 11.0. The number of carbonyl (C=O) groups is 2. The van der Waals surface area contributed by atoms with Gasteiger partial charge in [-0.25, -0.2) is 4.79 Å². The summed E-state index contributed by atoms with van der Waals surface area (Å²) in [5.41, 5.74) is 0.229. The first kappa shape index (κ1) is 10.7. The maximum absolute atomic E-state index is 10.5. The van der Waals surface area contributed by atoms with E-state index in [1.807, 2.05) is 0 Å². The van der Waals surface area contributed by atoms with Gasteiger partial charge in [-0.15, -0.1) is 0 Å². The fourth-order valence-electron chi connectivity index (χ4n) is 0.726. The van der Waals surface area contributed by atoms with Gasteiger partial charge >= 0.3 is 5.97 Å². The molecule has 0 saturated heterocycles. The van der Waals surface area contributed by atoms with Crippen LogP contribution in [0.3, 0.4) is 0 Å². The van der Waals surface area contributed by atoms with E-state index in [-0.39, 0.29) is 24.2 Å². The van der Waals surface area contributed by atoms with Crippen LogP contribution >= 0.6 is 0 Å². The van der Waals surface area contributed by atoms with Crippen molar-refractivity contribution in [2.75, 3.05) is 7.05 Å². The van der Waals surface area contributed by atoms with Crippen LogP contribution in [-0.4, -0.2) is 23.9 Å². The van der Waals surface area contributed by atoms with Gasteiger partial charge in [0.05, 0.1) is 5.57 Å². The molecular formula is C8H13NO3. The Morgan fingerprint density at radius 1 is 1.42 bits per heavy atom. The summed E-state index contributed by atoms with van der Waals surface area (Å²) in [5, 5.41) is 11.2. The Labute approximate surface area is 71.3 Å². The van der Waals surface area contributed by atoms with Gasteiger partial charge in [0.2, 0.25) is 0 Å². The lowest BCUT2D eigenvalue weighted by atomic mass is 10.1. The minimum absolute atomic E-state index is 0.00162. The van der Waals surface area contributed by atoms with Gasteiger partial charge < -0.3 is 15.2 Å². The summed E-state index contributed by atoms with van der Waals surface area (Å²) in [7, 11) is 1.62. The van der Waals surface area contributed by atoms with Crippen LogP contribution in [0.2, 0.25) is 0 Å². The molecule has 0 atom stereocenters. The fraction of sp³-hybridized carbons (Fsp3) is 0.500. The SMILES string of the molecule is CNC=C(CCC(C)=O)C(=O)O. The van der Waals surface area contributed by atoms with Crippen molar-refractivity contribution in [2.45, 2.75) is 19.8 Å². The minimum Gasteiger partial charge on any atom is -0.478 e. The zero-order valence-corrected chi connectivity index (χ0v) is 7.26. The summed E-state index contributed by atoms with van der Waals surface area (Å²) in [6.45, 7) is 1.44. The van der Waals surface area contributed by atoms with Crippen molar-refractivity contribution in [1.82, 2.24) is 5.32 Å². The van der Waals surface area contributed by atoms with E-state index in [0.717, 1.165) is 0 Å². The van der Waals surface area contributed by atoms with E-state index >= 15 is 0 Å². The molecule has 0 aliphatic carbocycles. The Bertz CT molecular complexity index is 208. The molecule has 0 amide bonds. The van der Waals surface area contributed by atoms with E-state index < -0.39 is 5.97 Å². The maximum Gasteiger partial charge on any atom is 0.333 e. The summed E-state index contributed by atoms with van der Waals surface area (Å²) in [4.78, 5) is 21.0. The Kier molecular flexibility index (Phi) is 4.76. The lowest BCUT2D eigenvalue weighted by Crippen LogP contribution is -2.07. The molecule has 12 heavy (non-hydrogen) atoms. The number of aliphatic carboxylic acids is 1. The lowest BCUT2D eigenvalue weighted by molar-refractivity contribution is -0.132. The highest BCUT2D eigenvalue weighted by molar-refractivity contribution is 5.87. The fourth-order valence-corrected chi connectivity index (χ4v) is 0.726. The van der Waals surface area contributed by atoms with Gasteiger partial charge in [-0.3, -0.25) is 0 Å². The van der Waals surface area contributed by atoms with Crippen molar-refractivity contribution in [2.24, 2.45) is 0 Å². The molecule has 0 saturated carbocycles. The third-order valence-corrected chi connectivity index (χ3v) is 1.34. The number of rotatable bonds is 5. The summed E-state index contributed by atoms with van der Waals surface area (Å²) in [5.74, 6) is -0.983. The third kappa shape index (κ3) is 4.49. The van der Waals surface area contributed by atoms with E-state index in [1.165, 1.54) is 13.1 Å². The molecule has 0 radical (unpaired) electrons. The minimum atomic E-state index is -0.981. The number of carboxylic acids is 1. The first-order valence-corrected chi connectivity index (χ1v) is 3.67. The van der Waals surface area contributed by atoms with Crippen LogP contribution < -0.4 is 5.32 Å². The van der Waals surface area contributed by atoms with Crippen LogP contribution in [0.15, 0.2) is 11.8 Å². The van der Waals surface area contributed by atoms with Crippen molar-refractivity contribution in [1.29, 1.82) is 0 Å². The second-order valence-electron chi connectivity index (χ2n) is 2.47. The molecule has 0 spiro atoms. The highest BCUT2D eigenvalue weighted by atomic mass is 16.4. The van der Waals surface area contributed by atoms with Gasteiger partial charge in [0, 0.05) is 19.7 Å². The van der Waals surface area contributed by atoms with Gasteiger partial charge in [0.15, 0.2) is 0 Å². The number of carbonyl (C=O) groups excluding carboxylic acids is 1. The molecule has 0 aliphatic rings. The Morgan fingerprint density at radius 3 is 2.33 bits per heavy atom. The van der Waals surface area contributed by atoms with Crippen LogP contribution in [0, 0.1) is 0 Å². The standard InChI is InChI=1S/C8H13NO3/c1-6(10)3-4-7(5-9-2)8(11)12/h5,9H,3-4H2,1-2H3,(H,11,12). The van der Waals surface area contributed by atoms with Gasteiger partial charge in [0.25, 0.3) is 0 Å². The molecule has 0 aromatic carbocycles. The van der Waals surface area contributed by atoms with Gasteiger partial charge in [0.1, 0.15) is 5.78 Å². The zero-order valence-electron chi connectivity index (χ0n) is 7.26. The molecule has 0 aromatic rings. The predicted molar refractivity (Wildman–Crippen MR) is 44.7 cm³/mol. The van der Waals surface area contributed by atoms with Crippen LogP contribution in [0.1, 0.15) is 19.8 Å². The summed E-state index contributed by atoms with van der Waals surface area (Å²) in [6, 6.07) is 0. The Balaban J connectivity index is 4.06. The molecule has 0 fully saturated rings. The number of hydrogen-bond acceptors (Lipinski definition) is 3. The second-order valence-corrected chi connectivity index (χ2v) is 2.47. The molecular weight excluding hydrogens is 158 g/mol. The number of hydrogen-bond donors (Lipinski definition) is 2. The summed E-state index contributed by atoms with van der Waals surface area (Å²) >= 11 is 0. The molecule has 0 bridgehead atoms. The van der Waals surface area contributed by atoms with Crippen molar-refractivity contribution < 1.29 is 14.7 Å². The first-order valence-electron chi connectivity index (χ1n) is 3.67. The van der Waals surface area contributed by atoms with Crippen molar-refractivity contribution in [3.8, 4) is 0 Å². The molecule has 4 heteroatoms. The molecule has 2 N–H and O–H groups in total. The molecule has 0 rings (SSSR count). The van der Waals surface area contributed by atoms with Gasteiger partial charge in [-0.2, -0.15) is 0 Å². The average molecular weight is 171 g/mol. The van der Waals surface area contributed by atoms with Gasteiger partial charge in [-0.05, 0) is 13.3 Å². The largest absolute Gasteiger partial charge is 0.478 e. The van der Waals surface area contributed by atoms with Gasteiger partial charge in [-0.1, -0.05) is 0 Å². The monoisotopic (exact) mass is 171 g/mol. The Hall–Kier alpha value is -1.32. The molecule has 68 valence electrons. The van der Waals surface area contributed by atoms with Crippen LogP contribution in [0.25, 0.3) is 0 Å². The van der Waals surface area contributed by atoms with Crippen molar-refractivity contribution >= 4 is 11.8 Å². The van der Waals surface area contributed by atoms with E-state index in [9.17, 15) is 9.59 Å². The number of carboxylic acid groups (broad SMARTS) is 1. The molecule has 0 heterocycles. The highest BCUT2D eigenvalue weighted by Gasteiger charge is 2.07. The lowest BCUT2D eigenvalue weighted by Gasteiger charge is -1.99. The molecule has 4 nitrogen and oxygen atoms in total. The van der Waals surface area contributed by atoms with Crippen molar-refractivity contribution in [3.05, 3.63) is 11.8 Å². The number of nitrogens with one attached hydrogen (secondary N) is 1. The van der Waals surface area contributed by atoms with Crippen LogP contribution in [0.4, 0.5) is 0 Å². The van der Waals surface area contributed by atoms with E-state index in [2.05, 4.69) is 5.32 Å². The predicted octanol–water partition coefficient (Wildman–Crippen LogP) is 0.544. The smallest absolute Gasteiger partial charge is 0.333 e. The van der Waals surface area contributed by atoms with E-state index in [0.29, 0.717) is 0 Å². The van der Waals surface area contributed by atoms with Crippen LogP contribution in [0.5, 0.6) is 0 Å². The van der Waals surface area contributed by atoms with E-state index in [4.69, 9.17) is 5.11 Å². The number of ketones is 1. The first-order chi connectivity index (χ1) is 5.57. The van der Waals surface area contributed by atoms with Crippen molar-refractivity contribution in [3.63, 3.8) is 0 Å². The zero-order chi connectivity index (χ0) is 9.56. The summed E-state index contributed by atoms with van der Waals surface area (Å²) in [6.07, 6.45) is 1.95. The highest BCUT2D eigenvalue weighted by Crippen LogP contribution is 2.04. The topological polar surface area (TPSA) is 66.4 Å². The average Bonchev–Trinajstić information content (AvgIpc) is 1.96. The molecule has 0 aliphatic heterocycles. The van der Waals surface area contributed by atoms with Crippen LogP contribution in [-0.2, 0) is 9.59 Å². The van der Waals surface area contributed by atoms with E-state index in [1.54, 1.807) is 7.05 Å². The maximum atomic E-state index is 10.5. The number of Topliss-reactive ketones (excluding diaryl/α,β-unsaturated/α-hetero) is 1.